The predicted octanol–water partition coefficient (Wildman–Crippen LogP) is 3.10. The molecule has 2 saturated heterocycles. The molecular formula is C32H36N8O6. The number of guanidine groups is 1. The van der Waals surface area contributed by atoms with Crippen LogP contribution >= 0.6 is 0 Å². The van der Waals surface area contributed by atoms with Gasteiger partial charge in [0.15, 0.2) is 6.19 Å². The van der Waals surface area contributed by atoms with Crippen LogP contribution in [0.1, 0.15) is 30.6 Å². The highest BCUT2D eigenvalue weighted by atomic mass is 16.6. The molecule has 3 amide bonds. The number of amides is 3. The molecule has 2 fully saturated rings. The largest absolute Gasteiger partial charge is 0.461 e. The van der Waals surface area contributed by atoms with Crippen LogP contribution < -0.4 is 16.0 Å². The summed E-state index contributed by atoms with van der Waals surface area (Å²) >= 11 is 0. The number of nitrogens with zero attached hydrogens (tertiary/aromatic N) is 5. The molecule has 5 rings (SSSR count). The zero-order valence-electron chi connectivity index (χ0n) is 25.7. The predicted molar refractivity (Wildman–Crippen MR) is 170 cm³/mol. The number of likely N-dealkylation sites (tertiary alicyclic amines) is 2. The van der Waals surface area contributed by atoms with E-state index in [4.69, 9.17) is 14.0 Å². The Bertz CT molecular complexity index is 1660. The lowest BCUT2D eigenvalue weighted by Crippen LogP contribution is -2.46. The number of carbonyl (C=O) groups is 3. The molecule has 0 bridgehead atoms. The van der Waals surface area contributed by atoms with Crippen LogP contribution in [-0.4, -0.2) is 84.8 Å². The van der Waals surface area contributed by atoms with Crippen molar-refractivity contribution in [3.8, 4) is 6.19 Å². The third-order valence-electron chi connectivity index (χ3n) is 7.66. The van der Waals surface area contributed by atoms with Gasteiger partial charge in [0.2, 0.25) is 17.8 Å². The van der Waals surface area contributed by atoms with Crippen molar-refractivity contribution in [2.75, 3.05) is 38.6 Å². The number of hydrogen-bond acceptors (Lipinski definition) is 9. The Morgan fingerprint density at radius 1 is 1.15 bits per heavy atom. The minimum Gasteiger partial charge on any atom is -0.461 e. The van der Waals surface area contributed by atoms with Gasteiger partial charge in [0.05, 0.1) is 19.1 Å². The van der Waals surface area contributed by atoms with Crippen molar-refractivity contribution in [3.63, 3.8) is 0 Å². The van der Waals surface area contributed by atoms with E-state index in [0.29, 0.717) is 30.8 Å². The number of benzene rings is 2. The fourth-order valence-corrected chi connectivity index (χ4v) is 5.45. The minimum atomic E-state index is -0.795. The van der Waals surface area contributed by atoms with E-state index in [1.807, 2.05) is 61.6 Å². The number of alkyl carbamates (subject to hydrolysis) is 1. The van der Waals surface area contributed by atoms with Gasteiger partial charge in [-0.25, -0.2) is 9.79 Å². The summed E-state index contributed by atoms with van der Waals surface area (Å²) in [7, 11) is 1.39. The van der Waals surface area contributed by atoms with Crippen LogP contribution in [0.15, 0.2) is 69.2 Å². The molecule has 3 N–H and O–H groups in total. The fourth-order valence-electron chi connectivity index (χ4n) is 5.45. The van der Waals surface area contributed by atoms with Gasteiger partial charge < -0.3 is 34.4 Å². The molecule has 0 spiro atoms. The molecule has 14 heteroatoms. The van der Waals surface area contributed by atoms with Gasteiger partial charge in [-0.05, 0) is 56.0 Å². The number of carbonyl (C=O) groups excluding carboxylic acids is 3. The lowest BCUT2D eigenvalue weighted by molar-refractivity contribution is -0.140. The lowest BCUT2D eigenvalue weighted by atomic mass is 10.1. The second-order valence-electron chi connectivity index (χ2n) is 11.0. The minimum absolute atomic E-state index is 0.0972. The highest BCUT2D eigenvalue weighted by Crippen LogP contribution is 2.23. The topological polar surface area (TPSA) is 174 Å². The van der Waals surface area contributed by atoms with Gasteiger partial charge in [-0.2, -0.15) is 5.26 Å². The Morgan fingerprint density at radius 3 is 2.76 bits per heavy atom. The molecule has 3 aromatic rings. The molecule has 1 aromatic heterocycles. The zero-order chi connectivity index (χ0) is 32.5. The van der Waals surface area contributed by atoms with Crippen LogP contribution in [0, 0.1) is 18.4 Å². The van der Waals surface area contributed by atoms with Crippen molar-refractivity contribution in [2.24, 2.45) is 10.1 Å². The number of ether oxygens (including phenoxy) is 1. The summed E-state index contributed by atoms with van der Waals surface area (Å²) in [5.74, 6) is 0.289. The maximum Gasteiger partial charge on any atom is 0.408 e. The summed E-state index contributed by atoms with van der Waals surface area (Å²) in [6, 6.07) is 15.2. The van der Waals surface area contributed by atoms with Crippen molar-refractivity contribution in [1.82, 2.24) is 20.4 Å². The Labute approximate surface area is 266 Å². The van der Waals surface area contributed by atoms with Gasteiger partial charge in [0, 0.05) is 24.2 Å². The molecule has 2 aromatic carbocycles. The Kier molecular flexibility index (Phi) is 10.3. The summed E-state index contributed by atoms with van der Waals surface area (Å²) in [5.41, 5.74) is 2.70. The second kappa shape index (κ2) is 14.9. The SMILES string of the molecule is CO/N=C1/CN(C(=O)CN2CCCC[C@H](N=C(NC#N)Nc3ccc4oc(C)cc4c3)C2=O)CC1NC(=O)OCc1ccccc1. The number of fused-ring (bicyclic) bond motifs is 1. The molecule has 2 aliphatic heterocycles. The third-order valence-corrected chi connectivity index (χ3v) is 7.66. The quantitative estimate of drug-likeness (QED) is 0.111. The van der Waals surface area contributed by atoms with E-state index in [-0.39, 0.29) is 44.0 Å². The van der Waals surface area contributed by atoms with Crippen LogP contribution in [0.5, 0.6) is 0 Å². The van der Waals surface area contributed by atoms with E-state index in [2.05, 4.69) is 26.1 Å². The maximum absolute atomic E-state index is 13.6. The van der Waals surface area contributed by atoms with Crippen molar-refractivity contribution in [2.45, 2.75) is 44.9 Å². The van der Waals surface area contributed by atoms with Crippen molar-refractivity contribution in [3.05, 3.63) is 65.9 Å². The first-order valence-corrected chi connectivity index (χ1v) is 15.0. The molecule has 0 aliphatic carbocycles. The van der Waals surface area contributed by atoms with E-state index >= 15 is 0 Å². The maximum atomic E-state index is 13.6. The number of oxime groups is 1. The van der Waals surface area contributed by atoms with Crippen LogP contribution in [0.3, 0.4) is 0 Å². The molecule has 2 aliphatic rings. The molecule has 0 saturated carbocycles. The average Bonchev–Trinajstić information content (AvgIpc) is 3.57. The first-order chi connectivity index (χ1) is 22.3. The second-order valence-corrected chi connectivity index (χ2v) is 11.0. The van der Waals surface area contributed by atoms with Crippen molar-refractivity contribution in [1.29, 1.82) is 5.26 Å². The first kappa shape index (κ1) is 31.8. The Hall–Kier alpha value is -5.58. The number of nitrogens with one attached hydrogen (secondary N) is 3. The number of aliphatic imine (C=N–C) groups is 1. The molecule has 3 heterocycles. The monoisotopic (exact) mass is 628 g/mol. The molecule has 46 heavy (non-hydrogen) atoms. The first-order valence-electron chi connectivity index (χ1n) is 15.0. The summed E-state index contributed by atoms with van der Waals surface area (Å²) in [6.45, 7) is 2.45. The summed E-state index contributed by atoms with van der Waals surface area (Å²) < 4.78 is 11.0. The molecular weight excluding hydrogens is 592 g/mol. The van der Waals surface area contributed by atoms with E-state index < -0.39 is 18.2 Å². The molecule has 240 valence electrons. The number of hydrogen-bond donors (Lipinski definition) is 3. The Morgan fingerprint density at radius 2 is 1.98 bits per heavy atom. The average molecular weight is 629 g/mol. The highest BCUT2D eigenvalue weighted by Gasteiger charge is 2.36. The molecule has 1 unspecified atom stereocenters. The van der Waals surface area contributed by atoms with E-state index in [1.165, 1.54) is 16.9 Å². The van der Waals surface area contributed by atoms with E-state index in [1.54, 1.807) is 6.07 Å². The van der Waals surface area contributed by atoms with E-state index in [9.17, 15) is 19.6 Å². The van der Waals surface area contributed by atoms with E-state index in [0.717, 1.165) is 28.7 Å². The Balaban J connectivity index is 1.21. The number of furan rings is 1. The van der Waals surface area contributed by atoms with Crippen LogP contribution in [0.2, 0.25) is 0 Å². The van der Waals surface area contributed by atoms with Crippen LogP contribution in [0.25, 0.3) is 11.0 Å². The third kappa shape index (κ3) is 8.12. The smallest absolute Gasteiger partial charge is 0.408 e. The number of rotatable bonds is 8. The van der Waals surface area contributed by atoms with Crippen LogP contribution in [0.4, 0.5) is 10.5 Å². The van der Waals surface area contributed by atoms with Crippen molar-refractivity contribution < 1.29 is 28.4 Å². The van der Waals surface area contributed by atoms with Gasteiger partial charge in [-0.1, -0.05) is 35.5 Å². The van der Waals surface area contributed by atoms with Gasteiger partial charge >= 0.3 is 6.09 Å². The summed E-state index contributed by atoms with van der Waals surface area (Å²) in [6.07, 6.45) is 3.10. The lowest BCUT2D eigenvalue weighted by Gasteiger charge is -2.25. The van der Waals surface area contributed by atoms with Crippen LogP contribution in [-0.2, 0) is 25.8 Å². The van der Waals surface area contributed by atoms with Gasteiger partial charge in [-0.15, -0.1) is 0 Å². The van der Waals surface area contributed by atoms with Gasteiger partial charge in [0.25, 0.3) is 0 Å². The number of anilines is 1. The fraction of sp³-hybridized carbons (Fsp3) is 0.375. The number of nitriles is 1. The number of aryl methyl sites for hydroxylation is 1. The summed E-state index contributed by atoms with van der Waals surface area (Å²) in [4.78, 5) is 52.1. The molecule has 14 nitrogen and oxygen atoms in total. The standard InChI is InChI=1S/C32H36N8O6/c1-21-14-23-15-24(11-12-28(23)46-21)35-31(34-20-33)36-25-10-6-7-13-39(30(25)42)18-29(41)40-16-26(27(17-40)38-44-2)37-32(43)45-19-22-8-4-3-5-9-22/h3-5,8-9,11-12,14-15,25-26H,6-7,10,13,16-19H2,1-2H3,(H,37,43)(H2,34,35,36)/b38-27-/t25-,26?/m0/s1. The van der Waals surface area contributed by atoms with Gasteiger partial charge in [-0.3, -0.25) is 14.9 Å². The zero-order valence-corrected chi connectivity index (χ0v) is 25.7. The molecule has 2 atom stereocenters. The molecule has 0 radical (unpaired) electrons. The highest BCUT2D eigenvalue weighted by molar-refractivity contribution is 6.00. The van der Waals surface area contributed by atoms with Gasteiger partial charge in [0.1, 0.15) is 36.8 Å². The van der Waals surface area contributed by atoms with Crippen molar-refractivity contribution >= 4 is 46.2 Å². The summed E-state index contributed by atoms with van der Waals surface area (Å²) in [5, 5.41) is 22.6. The normalized spacial score (nSPS) is 19.5.